The number of aromatic nitrogens is 12. The standard InChI is InChI=1S/C16H22N4.C15H18N4.C15H20N4.C12H14N4O/c1-10(2)16-19-14(9-20(16)13-5-4-6-13)12-7-11(3)15(17)18-8-12;1-9-6-11(7-17-14(9)16)13-8-19(12-4-5-12)15(18-13)10-2-3-10;1-9(2)19-8-13(18-15(19)11-4-5-11)12-6-10(3)14(16)17-7-12;1-8-4-9(5-14-12(8)13)10-6-16-2-3-17-7-11(16)15-10/h7-10,13H,4-6H2,1-3H3,(H2,17,18);6-8,10,12H,2-5H2,1H3,(H2,16,17);6-9,11H,4-5H2,1-3H3,(H2,16,17);4-6H,2-3,7H2,1H3,(H2,13,14). The lowest BCUT2D eigenvalue weighted by Gasteiger charge is -2.29. The predicted molar refractivity (Wildman–Crippen MR) is 298 cm³/mol. The lowest BCUT2D eigenvalue weighted by atomic mass is 9.92. The Morgan fingerprint density at radius 1 is 0.507 bits per heavy atom. The molecule has 5 aliphatic rings. The minimum Gasteiger partial charge on any atom is -0.383 e. The van der Waals surface area contributed by atoms with E-state index in [2.05, 4.69) is 108 Å². The Labute approximate surface area is 440 Å². The van der Waals surface area contributed by atoms with Crippen molar-refractivity contribution in [3.8, 4) is 45.0 Å². The lowest BCUT2D eigenvalue weighted by molar-refractivity contribution is 0.0816. The molecule has 0 radical (unpaired) electrons. The summed E-state index contributed by atoms with van der Waals surface area (Å²) in [5.41, 5.74) is 35.2. The third-order valence-corrected chi connectivity index (χ3v) is 14.9. The Morgan fingerprint density at radius 3 is 1.37 bits per heavy atom. The Kier molecular flexibility index (Phi) is 14.6. The highest BCUT2D eigenvalue weighted by atomic mass is 16.5. The third kappa shape index (κ3) is 11.6. The normalized spacial score (nSPS) is 16.1. The molecule has 13 rings (SSSR count). The van der Waals surface area contributed by atoms with Crippen molar-refractivity contribution in [2.24, 2.45) is 0 Å². The van der Waals surface area contributed by atoms with Crippen LogP contribution < -0.4 is 22.9 Å². The van der Waals surface area contributed by atoms with Gasteiger partial charge in [0.15, 0.2) is 0 Å². The second-order valence-corrected chi connectivity index (χ2v) is 21.8. The number of aryl methyl sites for hydroxylation is 4. The van der Waals surface area contributed by atoms with Crippen molar-refractivity contribution in [3.05, 3.63) is 119 Å². The van der Waals surface area contributed by atoms with Crippen molar-refractivity contribution in [2.45, 2.75) is 162 Å². The van der Waals surface area contributed by atoms with Gasteiger partial charge in [0, 0.05) is 114 Å². The number of fused-ring (bicyclic) bond motifs is 1. The number of nitrogen functional groups attached to an aromatic ring is 4. The molecule has 8 aromatic rings. The van der Waals surface area contributed by atoms with E-state index in [1.54, 1.807) is 6.20 Å². The fraction of sp³-hybridized carbons (Fsp3) is 0.448. The van der Waals surface area contributed by atoms with Crippen LogP contribution in [0.1, 0.15) is 167 Å². The maximum Gasteiger partial charge on any atom is 0.135 e. The van der Waals surface area contributed by atoms with Crippen LogP contribution in [0.4, 0.5) is 23.3 Å². The number of anilines is 4. The molecule has 4 saturated carbocycles. The predicted octanol–water partition coefficient (Wildman–Crippen LogP) is 11.4. The van der Waals surface area contributed by atoms with E-state index in [4.69, 9.17) is 42.6 Å². The van der Waals surface area contributed by atoms with Crippen molar-refractivity contribution in [1.82, 2.24) is 58.1 Å². The minimum atomic E-state index is 0.437. The number of hydrogen-bond donors (Lipinski definition) is 4. The van der Waals surface area contributed by atoms with E-state index in [-0.39, 0.29) is 0 Å². The molecule has 75 heavy (non-hydrogen) atoms. The third-order valence-electron chi connectivity index (χ3n) is 14.9. The summed E-state index contributed by atoms with van der Waals surface area (Å²) in [6, 6.07) is 10.00. The molecule has 0 amide bonds. The van der Waals surface area contributed by atoms with Gasteiger partial charge < -0.3 is 45.9 Å². The largest absolute Gasteiger partial charge is 0.383 e. The second kappa shape index (κ2) is 21.4. The van der Waals surface area contributed by atoms with Gasteiger partial charge in [0.1, 0.15) is 53.2 Å². The van der Waals surface area contributed by atoms with Gasteiger partial charge in [-0.2, -0.15) is 0 Å². The van der Waals surface area contributed by atoms with E-state index in [0.717, 1.165) is 86.3 Å². The average Bonchev–Trinajstić information content (AvgIpc) is 4.36. The first-order valence-electron chi connectivity index (χ1n) is 26.9. The van der Waals surface area contributed by atoms with Gasteiger partial charge in [-0.15, -0.1) is 0 Å². The smallest absolute Gasteiger partial charge is 0.135 e. The summed E-state index contributed by atoms with van der Waals surface area (Å²) < 4.78 is 14.6. The summed E-state index contributed by atoms with van der Waals surface area (Å²) >= 11 is 0. The molecule has 8 aromatic heterocycles. The highest BCUT2D eigenvalue weighted by Crippen LogP contribution is 2.46. The quantitative estimate of drug-likeness (QED) is 0.0999. The van der Waals surface area contributed by atoms with Gasteiger partial charge in [0.05, 0.1) is 29.4 Å². The van der Waals surface area contributed by atoms with E-state index >= 15 is 0 Å². The molecular formula is C58H74N16O. The zero-order valence-electron chi connectivity index (χ0n) is 45.0. The molecule has 8 N–H and O–H groups in total. The number of nitrogens with two attached hydrogens (primary N) is 4. The molecule has 17 nitrogen and oxygen atoms in total. The van der Waals surface area contributed by atoms with E-state index in [0.29, 0.717) is 65.8 Å². The second-order valence-electron chi connectivity index (χ2n) is 21.8. The maximum absolute atomic E-state index is 5.79. The summed E-state index contributed by atoms with van der Waals surface area (Å²) in [5.74, 6) is 8.80. The molecular weight excluding hydrogens is 937 g/mol. The van der Waals surface area contributed by atoms with Gasteiger partial charge >= 0.3 is 0 Å². The molecule has 1 aliphatic heterocycles. The van der Waals surface area contributed by atoms with Crippen molar-refractivity contribution in [3.63, 3.8) is 0 Å². The summed E-state index contributed by atoms with van der Waals surface area (Å²) in [6.45, 7) is 18.9. The molecule has 4 fully saturated rings. The van der Waals surface area contributed by atoms with Crippen LogP contribution in [0.5, 0.6) is 0 Å². The Balaban J connectivity index is 0.000000114. The monoisotopic (exact) mass is 1010 g/mol. The lowest BCUT2D eigenvalue weighted by Crippen LogP contribution is -2.19. The first-order chi connectivity index (χ1) is 36.1. The first kappa shape index (κ1) is 51.1. The molecule has 0 aromatic carbocycles. The van der Waals surface area contributed by atoms with E-state index < -0.39 is 0 Å². The van der Waals surface area contributed by atoms with Crippen molar-refractivity contribution < 1.29 is 4.74 Å². The number of nitrogens with zero attached hydrogens (tertiary/aromatic N) is 12. The van der Waals surface area contributed by atoms with Crippen LogP contribution in [-0.2, 0) is 17.9 Å². The molecule has 0 atom stereocenters. The summed E-state index contributed by atoms with van der Waals surface area (Å²) in [5, 5.41) is 0. The number of imidazole rings is 4. The van der Waals surface area contributed by atoms with Crippen molar-refractivity contribution in [2.75, 3.05) is 29.5 Å². The summed E-state index contributed by atoms with van der Waals surface area (Å²) in [7, 11) is 0. The number of hydrogen-bond acceptors (Lipinski definition) is 13. The van der Waals surface area contributed by atoms with Gasteiger partial charge in [-0.25, -0.2) is 39.9 Å². The SMILES string of the molecule is Cc1cc(-c2cn(C(C)C)c(C3CC3)n2)cnc1N.Cc1cc(-c2cn(C3CC3)c(C3CC3)n2)cnc1N.Cc1cc(-c2cn(C3CCC3)c(C(C)C)n2)cnc1N.Cc1cc(-c2cn3c(n2)COCC3)cnc1N. The van der Waals surface area contributed by atoms with Gasteiger partial charge in [-0.1, -0.05) is 13.8 Å². The van der Waals surface area contributed by atoms with Crippen LogP contribution in [0.3, 0.4) is 0 Å². The Morgan fingerprint density at radius 2 is 0.947 bits per heavy atom. The van der Waals surface area contributed by atoms with Crippen molar-refractivity contribution >= 4 is 23.3 Å². The van der Waals surface area contributed by atoms with E-state index in [1.165, 1.54) is 75.3 Å². The van der Waals surface area contributed by atoms with E-state index in [9.17, 15) is 0 Å². The number of pyridine rings is 4. The minimum absolute atomic E-state index is 0.437. The van der Waals surface area contributed by atoms with Crippen LogP contribution in [0.15, 0.2) is 73.8 Å². The highest BCUT2D eigenvalue weighted by molar-refractivity contribution is 5.64. The average molecular weight is 1010 g/mol. The Hall–Kier alpha value is -7.40. The molecule has 0 spiro atoms. The van der Waals surface area contributed by atoms with E-state index in [1.807, 2.05) is 58.5 Å². The maximum atomic E-state index is 5.79. The molecule has 0 bridgehead atoms. The van der Waals surface area contributed by atoms with Gasteiger partial charge in [-0.3, -0.25) is 0 Å². The zero-order valence-corrected chi connectivity index (χ0v) is 45.0. The zero-order chi connectivity index (χ0) is 52.7. The fourth-order valence-corrected chi connectivity index (χ4v) is 9.50. The van der Waals surface area contributed by atoms with Crippen LogP contribution in [0, 0.1) is 27.7 Å². The van der Waals surface area contributed by atoms with Crippen LogP contribution in [0.25, 0.3) is 45.0 Å². The summed E-state index contributed by atoms with van der Waals surface area (Å²) in [6.07, 6.45) is 27.4. The molecule has 392 valence electrons. The molecule has 4 aliphatic carbocycles. The molecule has 0 saturated heterocycles. The van der Waals surface area contributed by atoms with Crippen LogP contribution >= 0.6 is 0 Å². The van der Waals surface area contributed by atoms with Crippen LogP contribution in [-0.4, -0.2) is 64.7 Å². The fourth-order valence-electron chi connectivity index (χ4n) is 9.50. The molecule has 0 unspecified atom stereocenters. The van der Waals surface area contributed by atoms with Crippen LogP contribution in [0.2, 0.25) is 0 Å². The van der Waals surface area contributed by atoms with Gasteiger partial charge in [0.2, 0.25) is 0 Å². The topological polar surface area (TPSA) is 236 Å². The van der Waals surface area contributed by atoms with Gasteiger partial charge in [0.25, 0.3) is 0 Å². The van der Waals surface area contributed by atoms with Gasteiger partial charge in [-0.05, 0) is 146 Å². The number of ether oxygens (including phenoxy) is 1. The summed E-state index contributed by atoms with van der Waals surface area (Å²) in [4.78, 5) is 35.9. The van der Waals surface area contributed by atoms with Crippen molar-refractivity contribution in [1.29, 1.82) is 0 Å². The molecule has 9 heterocycles. The molecule has 17 heteroatoms. The Bertz CT molecular complexity index is 3120. The first-order valence-corrected chi connectivity index (χ1v) is 26.9. The number of rotatable bonds is 10. The highest BCUT2D eigenvalue weighted by Gasteiger charge is 2.35.